The molecule has 2 N–H and O–H groups in total. The van der Waals surface area contributed by atoms with E-state index in [1.165, 1.54) is 0 Å². The van der Waals surface area contributed by atoms with E-state index < -0.39 is 9.84 Å². The summed E-state index contributed by atoms with van der Waals surface area (Å²) < 4.78 is 28.9. The molecule has 4 nitrogen and oxygen atoms in total. The molecular formula is C15H25NO3S. The Balaban J connectivity index is 2.60. The number of benzene rings is 1. The van der Waals surface area contributed by atoms with E-state index >= 15 is 0 Å². The summed E-state index contributed by atoms with van der Waals surface area (Å²) >= 11 is 0. The molecule has 0 saturated carbocycles. The molecule has 1 unspecified atom stereocenters. The number of hydrogen-bond donors (Lipinski definition) is 1. The minimum atomic E-state index is -2.99. The Kier molecular flexibility index (Phi) is 7.02. The smallest absolute Gasteiger partial charge is 0.153 e. The molecule has 0 aliphatic rings. The van der Waals surface area contributed by atoms with Crippen LogP contribution in [-0.2, 0) is 16.3 Å². The second-order valence-electron chi connectivity index (χ2n) is 4.98. The lowest BCUT2D eigenvalue weighted by Crippen LogP contribution is -2.22. The molecule has 1 atom stereocenters. The van der Waals surface area contributed by atoms with Gasteiger partial charge in [0.05, 0.1) is 11.5 Å². The van der Waals surface area contributed by atoms with E-state index in [9.17, 15) is 8.42 Å². The Morgan fingerprint density at radius 2 is 1.90 bits per heavy atom. The van der Waals surface area contributed by atoms with Gasteiger partial charge in [-0.2, -0.15) is 0 Å². The molecule has 20 heavy (non-hydrogen) atoms. The highest BCUT2D eigenvalue weighted by molar-refractivity contribution is 7.91. The van der Waals surface area contributed by atoms with E-state index in [1.54, 1.807) is 0 Å². The summed E-state index contributed by atoms with van der Waals surface area (Å²) in [4.78, 5) is 0. The standard InChI is InChI=1S/C15H25NO3S/c1-3-10-20(17,18)11-9-19-15-8-6-5-7-13(15)12-14(16)4-2/h5-8,14H,3-4,9-12,16H2,1-2H3. The molecule has 0 fully saturated rings. The van der Waals surface area contributed by atoms with E-state index in [4.69, 9.17) is 10.5 Å². The predicted octanol–water partition coefficient (Wildman–Crippen LogP) is 2.17. The van der Waals surface area contributed by atoms with E-state index in [-0.39, 0.29) is 24.2 Å². The van der Waals surface area contributed by atoms with Gasteiger partial charge in [0.15, 0.2) is 9.84 Å². The van der Waals surface area contributed by atoms with Crippen LogP contribution in [0.3, 0.4) is 0 Å². The average Bonchev–Trinajstić information content (AvgIpc) is 2.40. The van der Waals surface area contributed by atoms with Crippen LogP contribution in [0.4, 0.5) is 0 Å². The third-order valence-electron chi connectivity index (χ3n) is 3.15. The summed E-state index contributed by atoms with van der Waals surface area (Å²) in [6.45, 7) is 4.10. The number of sulfone groups is 1. The van der Waals surface area contributed by atoms with Gasteiger partial charge in [-0.1, -0.05) is 32.0 Å². The van der Waals surface area contributed by atoms with Crippen LogP contribution in [0.15, 0.2) is 24.3 Å². The molecule has 1 rings (SSSR count). The lowest BCUT2D eigenvalue weighted by atomic mass is 10.0. The Hall–Kier alpha value is -1.07. The molecule has 0 radical (unpaired) electrons. The zero-order valence-electron chi connectivity index (χ0n) is 12.3. The highest BCUT2D eigenvalue weighted by Crippen LogP contribution is 2.20. The summed E-state index contributed by atoms with van der Waals surface area (Å²) in [5, 5.41) is 0. The normalized spacial score (nSPS) is 13.2. The molecule has 0 saturated heterocycles. The minimum Gasteiger partial charge on any atom is -0.492 e. The summed E-state index contributed by atoms with van der Waals surface area (Å²) in [5.74, 6) is 1.02. The van der Waals surface area contributed by atoms with Gasteiger partial charge in [-0.15, -0.1) is 0 Å². The van der Waals surface area contributed by atoms with Crippen LogP contribution in [0.2, 0.25) is 0 Å². The third-order valence-corrected chi connectivity index (χ3v) is 4.97. The number of para-hydroxylation sites is 1. The summed E-state index contributed by atoms with van der Waals surface area (Å²) in [6, 6.07) is 7.77. The number of ether oxygens (including phenoxy) is 1. The lowest BCUT2D eigenvalue weighted by Gasteiger charge is -2.14. The van der Waals surface area contributed by atoms with Crippen LogP contribution >= 0.6 is 0 Å². The van der Waals surface area contributed by atoms with Gasteiger partial charge in [0, 0.05) is 6.04 Å². The third kappa shape index (κ3) is 5.92. The first-order chi connectivity index (χ1) is 9.48. The molecule has 1 aromatic carbocycles. The molecule has 5 heteroatoms. The molecule has 0 aliphatic carbocycles. The Morgan fingerprint density at radius 3 is 2.55 bits per heavy atom. The van der Waals surface area contributed by atoms with Gasteiger partial charge in [-0.25, -0.2) is 8.42 Å². The van der Waals surface area contributed by atoms with Gasteiger partial charge in [0.2, 0.25) is 0 Å². The highest BCUT2D eigenvalue weighted by Gasteiger charge is 2.11. The molecule has 0 heterocycles. The second-order valence-corrected chi connectivity index (χ2v) is 7.28. The largest absolute Gasteiger partial charge is 0.492 e. The van der Waals surface area contributed by atoms with Crippen LogP contribution in [0, 0.1) is 0 Å². The molecule has 114 valence electrons. The van der Waals surface area contributed by atoms with Crippen LogP contribution in [0.1, 0.15) is 32.3 Å². The minimum absolute atomic E-state index is 0.0645. The van der Waals surface area contributed by atoms with E-state index in [1.807, 2.05) is 38.1 Å². The van der Waals surface area contributed by atoms with Crippen LogP contribution in [0.5, 0.6) is 5.75 Å². The van der Waals surface area contributed by atoms with Gasteiger partial charge >= 0.3 is 0 Å². The van der Waals surface area contributed by atoms with Gasteiger partial charge in [0.25, 0.3) is 0 Å². The van der Waals surface area contributed by atoms with Crippen molar-refractivity contribution in [3.05, 3.63) is 29.8 Å². The summed E-state index contributed by atoms with van der Waals surface area (Å²) in [5.41, 5.74) is 7.00. The SMILES string of the molecule is CCCS(=O)(=O)CCOc1ccccc1CC(N)CC. The van der Waals surface area contributed by atoms with E-state index in [0.717, 1.165) is 24.2 Å². The fraction of sp³-hybridized carbons (Fsp3) is 0.600. The van der Waals surface area contributed by atoms with Crippen molar-refractivity contribution in [2.45, 2.75) is 39.2 Å². The predicted molar refractivity (Wildman–Crippen MR) is 82.9 cm³/mol. The number of hydrogen-bond acceptors (Lipinski definition) is 4. The zero-order chi connectivity index (χ0) is 15.0. The van der Waals surface area contributed by atoms with Crippen molar-refractivity contribution in [3.63, 3.8) is 0 Å². The Labute approximate surface area is 122 Å². The Bertz CT molecular complexity index is 500. The fourth-order valence-corrected chi connectivity index (χ4v) is 3.10. The first-order valence-electron chi connectivity index (χ1n) is 7.15. The molecule has 0 aliphatic heterocycles. The number of rotatable bonds is 9. The fourth-order valence-electron chi connectivity index (χ4n) is 1.93. The maximum absolute atomic E-state index is 11.6. The molecule has 0 aromatic heterocycles. The molecular weight excluding hydrogens is 274 g/mol. The van der Waals surface area contributed by atoms with E-state index in [2.05, 4.69) is 0 Å². The quantitative estimate of drug-likeness (QED) is 0.758. The Morgan fingerprint density at radius 1 is 1.20 bits per heavy atom. The maximum Gasteiger partial charge on any atom is 0.153 e. The molecule has 1 aromatic rings. The first-order valence-corrected chi connectivity index (χ1v) is 8.97. The van der Waals surface area contributed by atoms with Crippen molar-refractivity contribution in [2.75, 3.05) is 18.1 Å². The van der Waals surface area contributed by atoms with Gasteiger partial charge < -0.3 is 10.5 Å². The molecule has 0 bridgehead atoms. The van der Waals surface area contributed by atoms with Crippen molar-refractivity contribution < 1.29 is 13.2 Å². The molecule has 0 spiro atoms. The monoisotopic (exact) mass is 299 g/mol. The van der Waals surface area contributed by atoms with Crippen molar-refractivity contribution in [1.29, 1.82) is 0 Å². The van der Waals surface area contributed by atoms with Crippen molar-refractivity contribution in [3.8, 4) is 5.75 Å². The second kappa shape index (κ2) is 8.27. The van der Waals surface area contributed by atoms with Crippen molar-refractivity contribution in [1.82, 2.24) is 0 Å². The highest BCUT2D eigenvalue weighted by atomic mass is 32.2. The van der Waals surface area contributed by atoms with Gasteiger partial charge in [0.1, 0.15) is 12.4 Å². The van der Waals surface area contributed by atoms with Crippen LogP contribution in [-0.4, -0.2) is 32.6 Å². The maximum atomic E-state index is 11.6. The number of nitrogens with two attached hydrogens (primary N) is 1. The van der Waals surface area contributed by atoms with Gasteiger partial charge in [-0.05, 0) is 30.9 Å². The van der Waals surface area contributed by atoms with Crippen LogP contribution in [0.25, 0.3) is 0 Å². The van der Waals surface area contributed by atoms with E-state index in [0.29, 0.717) is 6.42 Å². The first kappa shape index (κ1) is 17.0. The van der Waals surface area contributed by atoms with Crippen molar-refractivity contribution in [2.24, 2.45) is 5.73 Å². The lowest BCUT2D eigenvalue weighted by molar-refractivity contribution is 0.336. The average molecular weight is 299 g/mol. The van der Waals surface area contributed by atoms with Gasteiger partial charge in [-0.3, -0.25) is 0 Å². The molecule has 0 amide bonds. The van der Waals surface area contributed by atoms with Crippen molar-refractivity contribution >= 4 is 9.84 Å². The summed E-state index contributed by atoms with van der Waals surface area (Å²) in [6.07, 6.45) is 2.29. The summed E-state index contributed by atoms with van der Waals surface area (Å²) in [7, 11) is -2.99. The zero-order valence-corrected chi connectivity index (χ0v) is 13.2. The topological polar surface area (TPSA) is 69.4 Å². The van der Waals surface area contributed by atoms with Crippen LogP contribution < -0.4 is 10.5 Å².